The molecule has 0 amide bonds. The molecule has 0 aliphatic rings. The van der Waals surface area contributed by atoms with Gasteiger partial charge in [-0.15, -0.1) is 0 Å². The minimum absolute atomic E-state index is 0. The Morgan fingerprint density at radius 2 is 1.56 bits per heavy atom. The van der Waals surface area contributed by atoms with E-state index in [2.05, 4.69) is 9.05 Å². The summed E-state index contributed by atoms with van der Waals surface area (Å²) >= 11 is 0. The van der Waals surface area contributed by atoms with Crippen LogP contribution in [0.1, 0.15) is 13.8 Å². The number of hydrogen-bond acceptors (Lipinski definition) is 3. The molecule has 0 N–H and O–H groups in total. The summed E-state index contributed by atoms with van der Waals surface area (Å²) in [5, 5.41) is 0. The van der Waals surface area contributed by atoms with Gasteiger partial charge in [-0.2, -0.15) is 0 Å². The Morgan fingerprint density at radius 1 is 1.22 bits per heavy atom. The normalized spacial score (nSPS) is 9.22. The Morgan fingerprint density at radius 3 is 1.78 bits per heavy atom. The summed E-state index contributed by atoms with van der Waals surface area (Å²) in [5.41, 5.74) is 0. The maximum Gasteiger partial charge on any atom is 0.319 e. The van der Waals surface area contributed by atoms with Crippen LogP contribution in [-0.4, -0.2) is 13.2 Å². The minimum atomic E-state index is -2.14. The smallest absolute Gasteiger partial charge is 0.311 e. The van der Waals surface area contributed by atoms with E-state index in [0.29, 0.717) is 13.2 Å². The molecular weight excluding hydrogens is 191 g/mol. The van der Waals surface area contributed by atoms with E-state index in [0.717, 1.165) is 0 Å². The molecule has 0 saturated heterocycles. The first-order valence-corrected chi connectivity index (χ1v) is 3.83. The van der Waals surface area contributed by atoms with Gasteiger partial charge in [0.15, 0.2) is 0 Å². The zero-order chi connectivity index (χ0) is 6.41. The van der Waals surface area contributed by atoms with Crippen molar-refractivity contribution in [1.29, 1.82) is 0 Å². The molecule has 1 radical (unpaired) electrons. The maximum absolute atomic E-state index is 10.4. The molecule has 5 heteroatoms. The summed E-state index contributed by atoms with van der Waals surface area (Å²) < 4.78 is 19.6. The van der Waals surface area contributed by atoms with Gasteiger partial charge in [0.1, 0.15) is 0 Å². The first kappa shape index (κ1) is 12.4. The Bertz CT molecular complexity index is 70.2. The number of hydrogen-bond donors (Lipinski definition) is 0. The third-order valence-corrected chi connectivity index (χ3v) is 1.57. The summed E-state index contributed by atoms with van der Waals surface area (Å²) in [5.74, 6) is 0. The molecule has 0 bridgehead atoms. The van der Waals surface area contributed by atoms with Gasteiger partial charge in [-0.3, -0.25) is 4.57 Å². The molecule has 9 heavy (non-hydrogen) atoms. The first-order valence-electron chi connectivity index (χ1n) is 2.60. The van der Waals surface area contributed by atoms with Crippen molar-refractivity contribution in [2.24, 2.45) is 0 Å². The van der Waals surface area contributed by atoms with Crippen LogP contribution in [-0.2, 0) is 30.7 Å². The molecule has 0 fully saturated rings. The van der Waals surface area contributed by atoms with Crippen molar-refractivity contribution in [2.75, 3.05) is 13.2 Å². The third kappa shape index (κ3) is 8.67. The average molecular weight is 202 g/mol. The van der Waals surface area contributed by atoms with E-state index < -0.39 is 8.25 Å². The van der Waals surface area contributed by atoms with Crippen LogP contribution in [0.4, 0.5) is 0 Å². The molecule has 0 unspecified atom stereocenters. The van der Waals surface area contributed by atoms with Crippen LogP contribution in [0.3, 0.4) is 0 Å². The molecule has 0 aliphatic heterocycles. The second-order valence-corrected chi connectivity index (χ2v) is 2.19. The van der Waals surface area contributed by atoms with Gasteiger partial charge in [0.05, 0.1) is 13.2 Å². The molecule has 0 spiro atoms. The topological polar surface area (TPSA) is 35.5 Å². The van der Waals surface area contributed by atoms with E-state index in [1.807, 2.05) is 0 Å². The molecule has 61 valence electrons. The van der Waals surface area contributed by atoms with E-state index in [9.17, 15) is 4.57 Å². The zero-order valence-corrected chi connectivity index (χ0v) is 7.38. The van der Waals surface area contributed by atoms with Crippen molar-refractivity contribution >= 4 is 8.25 Å². The molecule has 3 nitrogen and oxygen atoms in total. The average Bonchev–Trinajstić information content (AvgIpc) is 1.68. The molecule has 0 aliphatic carbocycles. The molecule has 0 heterocycles. The number of rotatable bonds is 4. The maximum atomic E-state index is 10.4. The van der Waals surface area contributed by atoms with Crippen LogP contribution in [0.5, 0.6) is 0 Å². The van der Waals surface area contributed by atoms with Crippen molar-refractivity contribution in [1.82, 2.24) is 0 Å². The second-order valence-electron chi connectivity index (χ2n) is 1.12. The summed E-state index contributed by atoms with van der Waals surface area (Å²) in [6, 6.07) is 0. The van der Waals surface area contributed by atoms with Gasteiger partial charge in [0, 0.05) is 17.1 Å². The van der Waals surface area contributed by atoms with Crippen LogP contribution < -0.4 is 0 Å². The molecule has 0 saturated carbocycles. The Balaban J connectivity index is 0. The van der Waals surface area contributed by atoms with Crippen molar-refractivity contribution in [2.45, 2.75) is 13.8 Å². The predicted octanol–water partition coefficient (Wildman–Crippen LogP) is 1.45. The van der Waals surface area contributed by atoms with Gasteiger partial charge in [0.25, 0.3) is 0 Å². The van der Waals surface area contributed by atoms with Gasteiger partial charge in [0.2, 0.25) is 0 Å². The van der Waals surface area contributed by atoms with Gasteiger partial charge in [-0.25, -0.2) is 0 Å². The fourth-order valence-electron chi connectivity index (χ4n) is 0.277. The van der Waals surface area contributed by atoms with Crippen LogP contribution >= 0.6 is 8.25 Å². The summed E-state index contributed by atoms with van der Waals surface area (Å²) in [6.45, 7) is 4.47. The zero-order valence-electron chi connectivity index (χ0n) is 5.44. The molecule has 0 aromatic carbocycles. The standard InChI is InChI=1S/C4H11O3P.Cu/c1-3-6-8(5)7-4-2;/h8H,3-4H2,1-2H3;. The van der Waals surface area contributed by atoms with Crippen LogP contribution in [0.2, 0.25) is 0 Å². The quantitative estimate of drug-likeness (QED) is 0.510. The predicted molar refractivity (Wildman–Crippen MR) is 32.3 cm³/mol. The Kier molecular flexibility index (Phi) is 11.9. The van der Waals surface area contributed by atoms with E-state index in [1.54, 1.807) is 13.8 Å². The molecule has 0 aromatic rings. The molecular formula is C4H11CuO3P. The van der Waals surface area contributed by atoms with Crippen molar-refractivity contribution in [3.63, 3.8) is 0 Å². The second kappa shape index (κ2) is 8.67. The van der Waals surface area contributed by atoms with Gasteiger partial charge in [-0.1, -0.05) is 0 Å². The van der Waals surface area contributed by atoms with Crippen LogP contribution in [0.15, 0.2) is 0 Å². The van der Waals surface area contributed by atoms with Crippen molar-refractivity contribution < 1.29 is 30.7 Å². The minimum Gasteiger partial charge on any atom is -0.311 e. The van der Waals surface area contributed by atoms with Gasteiger partial charge in [-0.05, 0) is 13.8 Å². The van der Waals surface area contributed by atoms with E-state index >= 15 is 0 Å². The third-order valence-electron chi connectivity index (χ3n) is 0.524. The Labute approximate surface area is 66.5 Å². The van der Waals surface area contributed by atoms with E-state index in [4.69, 9.17) is 0 Å². The van der Waals surface area contributed by atoms with Gasteiger partial charge >= 0.3 is 8.25 Å². The molecule has 0 rings (SSSR count). The molecule has 0 aromatic heterocycles. The van der Waals surface area contributed by atoms with E-state index in [-0.39, 0.29) is 17.1 Å². The van der Waals surface area contributed by atoms with Crippen molar-refractivity contribution in [3.05, 3.63) is 0 Å². The van der Waals surface area contributed by atoms with Crippen molar-refractivity contribution in [3.8, 4) is 0 Å². The van der Waals surface area contributed by atoms with Crippen LogP contribution in [0, 0.1) is 0 Å². The monoisotopic (exact) mass is 201 g/mol. The largest absolute Gasteiger partial charge is 0.319 e. The van der Waals surface area contributed by atoms with Crippen LogP contribution in [0.25, 0.3) is 0 Å². The fraction of sp³-hybridized carbons (Fsp3) is 1.00. The SMILES string of the molecule is CCO[PH](=O)OCC.[Cu]. The summed E-state index contributed by atoms with van der Waals surface area (Å²) in [7, 11) is -2.14. The summed E-state index contributed by atoms with van der Waals surface area (Å²) in [6.07, 6.45) is 0. The molecule has 0 atom stereocenters. The first-order chi connectivity index (χ1) is 3.81. The van der Waals surface area contributed by atoms with Gasteiger partial charge < -0.3 is 9.05 Å². The fourth-order valence-corrected chi connectivity index (χ4v) is 0.832. The Hall–Kier alpha value is 0.669. The summed E-state index contributed by atoms with van der Waals surface area (Å²) in [4.78, 5) is 0. The van der Waals surface area contributed by atoms with E-state index in [1.165, 1.54) is 0 Å².